The second-order valence-corrected chi connectivity index (χ2v) is 4.93. The maximum Gasteiger partial charge on any atom is 0.257 e. The van der Waals surface area contributed by atoms with Crippen molar-refractivity contribution in [3.05, 3.63) is 28.2 Å². The van der Waals surface area contributed by atoms with Crippen LogP contribution in [-0.2, 0) is 4.79 Å². The van der Waals surface area contributed by atoms with E-state index in [9.17, 15) is 4.79 Å². The Bertz CT molecular complexity index is 483. The molecule has 0 bridgehead atoms. The SMILES string of the molecule is CC(N)c1ccc(Br)cc1OCC(=O)NCCC#N. The molecule has 0 aliphatic heterocycles. The van der Waals surface area contributed by atoms with Crippen molar-refractivity contribution in [1.29, 1.82) is 5.26 Å². The molecule has 6 heteroatoms. The highest BCUT2D eigenvalue weighted by Gasteiger charge is 2.10. The molecule has 1 unspecified atom stereocenters. The lowest BCUT2D eigenvalue weighted by atomic mass is 10.1. The van der Waals surface area contributed by atoms with Gasteiger partial charge >= 0.3 is 0 Å². The Balaban J connectivity index is 2.59. The molecule has 0 saturated heterocycles. The monoisotopic (exact) mass is 325 g/mol. The van der Waals surface area contributed by atoms with Gasteiger partial charge in [0.25, 0.3) is 5.91 Å². The first-order chi connectivity index (χ1) is 9.04. The van der Waals surface area contributed by atoms with E-state index >= 15 is 0 Å². The Morgan fingerprint density at radius 3 is 3.00 bits per heavy atom. The highest BCUT2D eigenvalue weighted by atomic mass is 79.9. The maximum absolute atomic E-state index is 11.5. The molecule has 1 atom stereocenters. The molecule has 0 aromatic heterocycles. The van der Waals surface area contributed by atoms with E-state index in [1.807, 2.05) is 25.1 Å². The molecule has 1 amide bonds. The van der Waals surface area contributed by atoms with Crippen LogP contribution in [0.5, 0.6) is 5.75 Å². The third-order valence-electron chi connectivity index (χ3n) is 2.38. The quantitative estimate of drug-likeness (QED) is 0.781. The summed E-state index contributed by atoms with van der Waals surface area (Å²) < 4.78 is 6.32. The number of rotatable bonds is 6. The second kappa shape index (κ2) is 7.77. The number of nitrogens with two attached hydrogens (primary N) is 1. The van der Waals surface area contributed by atoms with Gasteiger partial charge in [-0.2, -0.15) is 5.26 Å². The molecule has 3 N–H and O–H groups in total. The number of ether oxygens (including phenoxy) is 1. The number of hydrogen-bond acceptors (Lipinski definition) is 4. The van der Waals surface area contributed by atoms with E-state index in [1.54, 1.807) is 6.07 Å². The van der Waals surface area contributed by atoms with Gasteiger partial charge in [0.15, 0.2) is 6.61 Å². The van der Waals surface area contributed by atoms with Gasteiger partial charge < -0.3 is 15.8 Å². The molecule has 0 saturated carbocycles. The second-order valence-electron chi connectivity index (χ2n) is 4.02. The molecule has 0 heterocycles. The summed E-state index contributed by atoms with van der Waals surface area (Å²) in [6, 6.07) is 7.29. The van der Waals surface area contributed by atoms with Gasteiger partial charge in [-0.1, -0.05) is 22.0 Å². The molecule has 0 spiro atoms. The lowest BCUT2D eigenvalue weighted by molar-refractivity contribution is -0.123. The van der Waals surface area contributed by atoms with E-state index in [0.717, 1.165) is 10.0 Å². The highest BCUT2D eigenvalue weighted by Crippen LogP contribution is 2.27. The van der Waals surface area contributed by atoms with Crippen molar-refractivity contribution in [3.8, 4) is 11.8 Å². The third-order valence-corrected chi connectivity index (χ3v) is 2.88. The molecular weight excluding hydrogens is 310 g/mol. The van der Waals surface area contributed by atoms with Crippen LogP contribution in [0.15, 0.2) is 22.7 Å². The molecule has 0 radical (unpaired) electrons. The minimum atomic E-state index is -0.258. The summed E-state index contributed by atoms with van der Waals surface area (Å²) in [6.45, 7) is 2.09. The summed E-state index contributed by atoms with van der Waals surface area (Å²) in [4.78, 5) is 11.5. The van der Waals surface area contributed by atoms with Gasteiger partial charge in [0.05, 0.1) is 12.5 Å². The van der Waals surface area contributed by atoms with Crippen LogP contribution < -0.4 is 15.8 Å². The summed E-state index contributed by atoms with van der Waals surface area (Å²) in [6.07, 6.45) is 0.285. The van der Waals surface area contributed by atoms with Crippen LogP contribution in [0.3, 0.4) is 0 Å². The van der Waals surface area contributed by atoms with Crippen molar-refractivity contribution in [2.24, 2.45) is 5.73 Å². The number of halogens is 1. The number of nitriles is 1. The largest absolute Gasteiger partial charge is 0.483 e. The van der Waals surface area contributed by atoms with Gasteiger partial charge in [0.1, 0.15) is 5.75 Å². The fraction of sp³-hybridized carbons (Fsp3) is 0.385. The number of nitrogens with one attached hydrogen (secondary N) is 1. The van der Waals surface area contributed by atoms with Crippen molar-refractivity contribution in [3.63, 3.8) is 0 Å². The lowest BCUT2D eigenvalue weighted by Crippen LogP contribution is -2.29. The molecule has 0 aliphatic carbocycles. The van der Waals surface area contributed by atoms with Gasteiger partial charge in [-0.3, -0.25) is 4.79 Å². The number of hydrogen-bond donors (Lipinski definition) is 2. The topological polar surface area (TPSA) is 88.1 Å². The molecule has 1 aromatic rings. The zero-order valence-corrected chi connectivity index (χ0v) is 12.2. The van der Waals surface area contributed by atoms with Crippen LogP contribution in [0.25, 0.3) is 0 Å². The number of amides is 1. The predicted octanol–water partition coefficient (Wildman–Crippen LogP) is 1.88. The average molecular weight is 326 g/mol. The fourth-order valence-electron chi connectivity index (χ4n) is 1.46. The molecular formula is C13H16BrN3O2. The summed E-state index contributed by atoms with van der Waals surface area (Å²) >= 11 is 3.35. The molecule has 19 heavy (non-hydrogen) atoms. The number of carbonyl (C=O) groups is 1. The predicted molar refractivity (Wildman–Crippen MR) is 75.5 cm³/mol. The minimum Gasteiger partial charge on any atom is -0.483 e. The molecule has 1 rings (SSSR count). The summed E-state index contributed by atoms with van der Waals surface area (Å²) in [5, 5.41) is 11.0. The Kier molecular flexibility index (Phi) is 6.33. The first kappa shape index (κ1) is 15.5. The van der Waals surface area contributed by atoms with Crippen molar-refractivity contribution in [2.45, 2.75) is 19.4 Å². The van der Waals surface area contributed by atoms with E-state index in [4.69, 9.17) is 15.7 Å². The van der Waals surface area contributed by atoms with Crippen molar-refractivity contribution >= 4 is 21.8 Å². The van der Waals surface area contributed by atoms with Crippen LogP contribution in [0.1, 0.15) is 24.9 Å². The van der Waals surface area contributed by atoms with E-state index in [-0.39, 0.29) is 25.0 Å². The van der Waals surface area contributed by atoms with Gasteiger partial charge in [0.2, 0.25) is 0 Å². The molecule has 0 fully saturated rings. The van der Waals surface area contributed by atoms with Gasteiger partial charge in [-0.25, -0.2) is 0 Å². The van der Waals surface area contributed by atoms with Gasteiger partial charge in [-0.05, 0) is 19.1 Å². The van der Waals surface area contributed by atoms with Crippen LogP contribution in [-0.4, -0.2) is 19.1 Å². The minimum absolute atomic E-state index is 0.0956. The number of carbonyl (C=O) groups excluding carboxylic acids is 1. The van der Waals surface area contributed by atoms with Crippen molar-refractivity contribution in [1.82, 2.24) is 5.32 Å². The fourth-order valence-corrected chi connectivity index (χ4v) is 1.80. The third kappa shape index (κ3) is 5.28. The van der Waals surface area contributed by atoms with Crippen LogP contribution in [0.2, 0.25) is 0 Å². The van der Waals surface area contributed by atoms with Crippen molar-refractivity contribution in [2.75, 3.05) is 13.2 Å². The van der Waals surface area contributed by atoms with Gasteiger partial charge in [0, 0.05) is 22.6 Å². The Morgan fingerprint density at radius 2 is 2.37 bits per heavy atom. The van der Waals surface area contributed by atoms with E-state index < -0.39 is 0 Å². The van der Waals surface area contributed by atoms with Crippen LogP contribution >= 0.6 is 15.9 Å². The van der Waals surface area contributed by atoms with Gasteiger partial charge in [-0.15, -0.1) is 0 Å². The maximum atomic E-state index is 11.5. The van der Waals surface area contributed by atoms with E-state index in [1.165, 1.54) is 0 Å². The summed E-state index contributed by atoms with van der Waals surface area (Å²) in [7, 11) is 0. The molecule has 0 aliphatic rings. The molecule has 1 aromatic carbocycles. The first-order valence-corrected chi connectivity index (χ1v) is 6.65. The normalized spacial score (nSPS) is 11.5. The molecule has 102 valence electrons. The zero-order chi connectivity index (χ0) is 14.3. The number of nitrogens with zero attached hydrogens (tertiary/aromatic N) is 1. The lowest BCUT2D eigenvalue weighted by Gasteiger charge is -2.14. The number of benzene rings is 1. The Labute approximate surface area is 120 Å². The van der Waals surface area contributed by atoms with Crippen LogP contribution in [0, 0.1) is 11.3 Å². The van der Waals surface area contributed by atoms with E-state index in [2.05, 4.69) is 21.2 Å². The summed E-state index contributed by atoms with van der Waals surface area (Å²) in [5.41, 5.74) is 6.68. The Hall–Kier alpha value is -1.58. The summed E-state index contributed by atoms with van der Waals surface area (Å²) in [5.74, 6) is 0.325. The highest BCUT2D eigenvalue weighted by molar-refractivity contribution is 9.10. The Morgan fingerprint density at radius 1 is 1.63 bits per heavy atom. The van der Waals surface area contributed by atoms with Crippen LogP contribution in [0.4, 0.5) is 0 Å². The smallest absolute Gasteiger partial charge is 0.257 e. The standard InChI is InChI=1S/C13H16BrN3O2/c1-9(16)11-4-3-10(14)7-12(11)19-8-13(18)17-6-2-5-15/h3-4,7,9H,2,6,8,16H2,1H3,(H,17,18). The van der Waals surface area contributed by atoms with E-state index in [0.29, 0.717) is 12.3 Å². The zero-order valence-electron chi connectivity index (χ0n) is 10.6. The van der Waals surface area contributed by atoms with Crippen molar-refractivity contribution < 1.29 is 9.53 Å². The average Bonchev–Trinajstić information content (AvgIpc) is 2.36. The molecule has 5 nitrogen and oxygen atoms in total. The first-order valence-electron chi connectivity index (χ1n) is 5.86.